The predicted molar refractivity (Wildman–Crippen MR) is 91.0 cm³/mol. The van der Waals surface area contributed by atoms with Crippen molar-refractivity contribution < 1.29 is 9.53 Å². The highest BCUT2D eigenvalue weighted by Gasteiger charge is 2.31. The molecule has 3 rings (SSSR count). The fourth-order valence-electron chi connectivity index (χ4n) is 3.48. The number of thiophene rings is 1. The fraction of sp³-hybridized carbons (Fsp3) is 0.706. The van der Waals surface area contributed by atoms with Crippen molar-refractivity contribution in [1.29, 1.82) is 0 Å². The van der Waals surface area contributed by atoms with Crippen LogP contribution in [-0.2, 0) is 4.74 Å². The number of nitrogens with zero attached hydrogens (tertiary/aromatic N) is 1. The Morgan fingerprint density at radius 3 is 2.82 bits per heavy atom. The number of carbonyl (C=O) groups is 1. The van der Waals surface area contributed by atoms with E-state index in [1.165, 1.54) is 11.3 Å². The van der Waals surface area contributed by atoms with Gasteiger partial charge in [0.15, 0.2) is 0 Å². The van der Waals surface area contributed by atoms with Gasteiger partial charge in [-0.1, -0.05) is 25.4 Å². The lowest BCUT2D eigenvalue weighted by atomic mass is 9.84. The van der Waals surface area contributed by atoms with Gasteiger partial charge in [-0.3, -0.25) is 4.79 Å². The topological polar surface area (TPSA) is 29.5 Å². The van der Waals surface area contributed by atoms with E-state index in [0.29, 0.717) is 15.8 Å². The summed E-state index contributed by atoms with van der Waals surface area (Å²) >= 11 is 7.96. The van der Waals surface area contributed by atoms with E-state index in [2.05, 4.69) is 13.8 Å². The Kier molecular flexibility index (Phi) is 4.81. The maximum atomic E-state index is 12.8. The zero-order valence-electron chi connectivity index (χ0n) is 13.4. The highest BCUT2D eigenvalue weighted by atomic mass is 35.5. The van der Waals surface area contributed by atoms with E-state index in [1.54, 1.807) is 11.3 Å². The van der Waals surface area contributed by atoms with Crippen LogP contribution in [0.5, 0.6) is 0 Å². The van der Waals surface area contributed by atoms with E-state index in [-0.39, 0.29) is 11.3 Å². The third-order valence-electron chi connectivity index (χ3n) is 4.75. The molecule has 0 atom stereocenters. The van der Waals surface area contributed by atoms with E-state index in [0.717, 1.165) is 45.6 Å². The molecule has 3 heterocycles. The van der Waals surface area contributed by atoms with Crippen molar-refractivity contribution in [3.05, 3.63) is 20.8 Å². The first-order valence-electron chi connectivity index (χ1n) is 8.12. The lowest BCUT2D eigenvalue weighted by Crippen LogP contribution is -2.43. The van der Waals surface area contributed by atoms with Crippen LogP contribution in [-0.4, -0.2) is 37.1 Å². The molecule has 0 bridgehead atoms. The Labute approximate surface area is 141 Å². The Morgan fingerprint density at radius 1 is 1.41 bits per heavy atom. The summed E-state index contributed by atoms with van der Waals surface area (Å²) < 4.78 is 6.07. The molecule has 0 spiro atoms. The number of hydrogen-bond acceptors (Lipinski definition) is 3. The van der Waals surface area contributed by atoms with Gasteiger partial charge in [0.2, 0.25) is 0 Å². The summed E-state index contributed by atoms with van der Waals surface area (Å²) in [7, 11) is 0. The zero-order valence-corrected chi connectivity index (χ0v) is 14.9. The lowest BCUT2D eigenvalue weighted by Gasteiger charge is -2.38. The fourth-order valence-corrected chi connectivity index (χ4v) is 4.93. The molecule has 5 heteroatoms. The molecule has 0 aliphatic carbocycles. The number of hydrogen-bond donors (Lipinski definition) is 0. The minimum atomic E-state index is 0.104. The van der Waals surface area contributed by atoms with Gasteiger partial charge in [0.25, 0.3) is 5.91 Å². The van der Waals surface area contributed by atoms with Crippen molar-refractivity contribution in [2.24, 2.45) is 5.41 Å². The Hall–Kier alpha value is -0.580. The van der Waals surface area contributed by atoms with Gasteiger partial charge in [0, 0.05) is 31.2 Å². The second kappa shape index (κ2) is 6.50. The van der Waals surface area contributed by atoms with Crippen molar-refractivity contribution in [3.8, 4) is 0 Å². The van der Waals surface area contributed by atoms with E-state index in [1.807, 2.05) is 11.0 Å². The van der Waals surface area contributed by atoms with Crippen LogP contribution in [0.15, 0.2) is 6.07 Å². The van der Waals surface area contributed by atoms with Crippen molar-refractivity contribution in [3.63, 3.8) is 0 Å². The summed E-state index contributed by atoms with van der Waals surface area (Å²) in [5.41, 5.74) is 0.908. The molecule has 0 radical (unpaired) electrons. The second-order valence-electron chi connectivity index (χ2n) is 7.22. The molecular formula is C17H24ClNO2S. The number of likely N-dealkylation sites (tertiary alicyclic amines) is 1. The number of amides is 1. The van der Waals surface area contributed by atoms with Crippen LogP contribution in [0.2, 0.25) is 4.34 Å². The van der Waals surface area contributed by atoms with Crippen molar-refractivity contribution in [1.82, 2.24) is 4.90 Å². The van der Waals surface area contributed by atoms with E-state index in [9.17, 15) is 4.79 Å². The molecule has 2 aliphatic rings. The summed E-state index contributed by atoms with van der Waals surface area (Å²) in [5, 5.41) is 0. The first-order valence-corrected chi connectivity index (χ1v) is 9.32. The molecule has 122 valence electrons. The Balaban J connectivity index is 1.76. The average Bonchev–Trinajstić information content (AvgIpc) is 2.88. The van der Waals surface area contributed by atoms with Gasteiger partial charge >= 0.3 is 0 Å². The Bertz CT molecular complexity index is 549. The SMILES string of the molecule is CC1(C)CCCN(C(=O)c2cc(C3CCOCC3)sc2Cl)C1. The van der Waals surface area contributed by atoms with E-state index in [4.69, 9.17) is 16.3 Å². The van der Waals surface area contributed by atoms with Crippen LogP contribution in [0.25, 0.3) is 0 Å². The number of piperidine rings is 1. The van der Waals surface area contributed by atoms with E-state index < -0.39 is 0 Å². The van der Waals surface area contributed by atoms with Gasteiger partial charge in [0.05, 0.1) is 5.56 Å². The van der Waals surface area contributed by atoms with Crippen LogP contribution in [0, 0.1) is 5.41 Å². The highest BCUT2D eigenvalue weighted by Crippen LogP contribution is 2.38. The molecule has 22 heavy (non-hydrogen) atoms. The first kappa shape index (κ1) is 16.3. The van der Waals surface area contributed by atoms with Crippen molar-refractivity contribution in [2.75, 3.05) is 26.3 Å². The van der Waals surface area contributed by atoms with Gasteiger partial charge in [-0.05, 0) is 43.1 Å². The number of carbonyl (C=O) groups excluding carboxylic acids is 1. The number of halogens is 1. The van der Waals surface area contributed by atoms with Crippen LogP contribution in [0.1, 0.15) is 60.7 Å². The molecule has 1 aromatic rings. The van der Waals surface area contributed by atoms with Gasteiger partial charge in [0.1, 0.15) is 4.34 Å². The minimum Gasteiger partial charge on any atom is -0.381 e. The quantitative estimate of drug-likeness (QED) is 0.789. The molecule has 0 unspecified atom stereocenters. The van der Waals surface area contributed by atoms with Crippen LogP contribution in [0.3, 0.4) is 0 Å². The summed E-state index contributed by atoms with van der Waals surface area (Å²) in [6.07, 6.45) is 4.32. The van der Waals surface area contributed by atoms with Gasteiger partial charge in [-0.2, -0.15) is 0 Å². The first-order chi connectivity index (χ1) is 10.5. The minimum absolute atomic E-state index is 0.104. The van der Waals surface area contributed by atoms with Gasteiger partial charge < -0.3 is 9.64 Å². The normalized spacial score (nSPS) is 22.8. The summed E-state index contributed by atoms with van der Waals surface area (Å²) in [6, 6.07) is 2.03. The number of rotatable bonds is 2. The maximum absolute atomic E-state index is 12.8. The smallest absolute Gasteiger partial charge is 0.256 e. The molecule has 3 nitrogen and oxygen atoms in total. The van der Waals surface area contributed by atoms with Crippen LogP contribution >= 0.6 is 22.9 Å². The summed E-state index contributed by atoms with van der Waals surface area (Å²) in [4.78, 5) is 16.0. The summed E-state index contributed by atoms with van der Waals surface area (Å²) in [6.45, 7) is 7.75. The molecule has 2 saturated heterocycles. The standard InChI is InChI=1S/C17H24ClNO2S/c1-17(2)6-3-7-19(11-17)16(20)13-10-14(22-15(13)18)12-4-8-21-9-5-12/h10,12H,3-9,11H2,1-2H3. The third kappa shape index (κ3) is 3.50. The van der Waals surface area contributed by atoms with Gasteiger partial charge in [-0.15, -0.1) is 11.3 Å². The summed E-state index contributed by atoms with van der Waals surface area (Å²) in [5.74, 6) is 0.600. The van der Waals surface area contributed by atoms with Crippen LogP contribution < -0.4 is 0 Å². The Morgan fingerprint density at radius 2 is 2.14 bits per heavy atom. The van der Waals surface area contributed by atoms with E-state index >= 15 is 0 Å². The highest BCUT2D eigenvalue weighted by molar-refractivity contribution is 7.16. The predicted octanol–water partition coefficient (Wildman–Crippen LogP) is 4.56. The molecule has 0 aromatic carbocycles. The van der Waals surface area contributed by atoms with Crippen molar-refractivity contribution >= 4 is 28.8 Å². The molecule has 1 aromatic heterocycles. The number of ether oxygens (including phenoxy) is 1. The lowest BCUT2D eigenvalue weighted by molar-refractivity contribution is 0.0584. The van der Waals surface area contributed by atoms with Crippen molar-refractivity contribution in [2.45, 2.75) is 45.4 Å². The molecule has 2 fully saturated rings. The van der Waals surface area contributed by atoms with Gasteiger partial charge in [-0.25, -0.2) is 0 Å². The largest absolute Gasteiger partial charge is 0.381 e. The average molecular weight is 342 g/mol. The third-order valence-corrected chi connectivity index (χ3v) is 6.27. The van der Waals surface area contributed by atoms with Crippen LogP contribution in [0.4, 0.5) is 0 Å². The molecule has 0 saturated carbocycles. The molecule has 0 N–H and O–H groups in total. The molecular weight excluding hydrogens is 318 g/mol. The molecule has 1 amide bonds. The maximum Gasteiger partial charge on any atom is 0.256 e. The monoisotopic (exact) mass is 341 g/mol. The molecule has 2 aliphatic heterocycles. The zero-order chi connectivity index (χ0) is 15.7. The second-order valence-corrected chi connectivity index (χ2v) is 8.90.